The van der Waals surface area contributed by atoms with E-state index in [0.717, 1.165) is 0 Å². The van der Waals surface area contributed by atoms with Gasteiger partial charge in [-0.1, -0.05) is 0 Å². The van der Waals surface area contributed by atoms with Gasteiger partial charge >= 0.3 is 0 Å². The van der Waals surface area contributed by atoms with E-state index < -0.39 is 10.0 Å². The van der Waals surface area contributed by atoms with Gasteiger partial charge in [-0.3, -0.25) is 0 Å². The number of nitrogens with one attached hydrogen (secondary N) is 1. The van der Waals surface area contributed by atoms with Gasteiger partial charge in [-0.25, -0.2) is 13.1 Å². The summed E-state index contributed by atoms with van der Waals surface area (Å²) in [6.07, 6.45) is 0. The molecule has 0 saturated heterocycles. The molecule has 0 radical (unpaired) electrons. The zero-order chi connectivity index (χ0) is 14.0. The Hall–Kier alpha value is -2.66. The lowest BCUT2D eigenvalue weighted by Gasteiger charge is -2.07. The Morgan fingerprint density at radius 2 is 1.40 bits per heavy atom. The number of nitrogens with two attached hydrogens (primary N) is 3. The first-order valence-corrected chi connectivity index (χ1v) is 6.50. The van der Waals surface area contributed by atoms with Crippen LogP contribution in [-0.2, 0) is 10.0 Å². The molecule has 0 bridgehead atoms. The maximum atomic E-state index is 12.0. The minimum Gasteiger partial charge on any atom is -0.412 e. The van der Waals surface area contributed by atoms with Crippen molar-refractivity contribution >= 4 is 33.6 Å². The largest absolute Gasteiger partial charge is 0.412 e. The molecule has 10 nitrogen and oxygen atoms in total. The number of benzene rings is 1. The van der Waals surface area contributed by atoms with Crippen molar-refractivity contribution < 1.29 is 13.9 Å². The molecule has 0 amide bonds. The van der Waals surface area contributed by atoms with Gasteiger partial charge in [0, 0.05) is 5.69 Å². The third kappa shape index (κ3) is 3.43. The highest BCUT2D eigenvalue weighted by atomic mass is 32.2. The smallest absolute Gasteiger partial charge is 0.264 e. The molecule has 0 aliphatic heterocycles. The molecule has 0 unspecified atom stereocenters. The standard InChI is InChI=1S/C9H11N7O2S.H2O/c10-5-1-3-6(4-2-5)19(17,18)16-9-14-7(11)13-8(12)15-9;/h1-4H,10H2,(H5,11,12,13,14,15,16);1H2. The van der Waals surface area contributed by atoms with Crippen molar-refractivity contribution in [1.29, 1.82) is 0 Å². The van der Waals surface area contributed by atoms with Gasteiger partial charge in [0.15, 0.2) is 0 Å². The summed E-state index contributed by atoms with van der Waals surface area (Å²) < 4.78 is 26.1. The van der Waals surface area contributed by atoms with E-state index >= 15 is 0 Å². The lowest BCUT2D eigenvalue weighted by Crippen LogP contribution is -2.16. The molecule has 1 aromatic carbocycles. The van der Waals surface area contributed by atoms with Gasteiger partial charge in [0.25, 0.3) is 10.0 Å². The summed E-state index contributed by atoms with van der Waals surface area (Å²) in [5, 5.41) is 0. The highest BCUT2D eigenvalue weighted by Crippen LogP contribution is 2.15. The Morgan fingerprint density at radius 1 is 0.900 bits per heavy atom. The molecule has 0 spiro atoms. The van der Waals surface area contributed by atoms with E-state index in [1.165, 1.54) is 24.3 Å². The third-order valence-corrected chi connectivity index (χ3v) is 3.43. The van der Waals surface area contributed by atoms with Crippen LogP contribution in [0.2, 0.25) is 0 Å². The summed E-state index contributed by atoms with van der Waals surface area (Å²) in [5.74, 6) is -0.605. The SMILES string of the molecule is Nc1ccc(S(=O)(=O)Nc2nc(N)nc(N)n2)cc1.O. The van der Waals surface area contributed by atoms with Gasteiger partial charge in [0.2, 0.25) is 17.8 Å². The van der Waals surface area contributed by atoms with Crippen molar-refractivity contribution in [3.63, 3.8) is 0 Å². The van der Waals surface area contributed by atoms with Gasteiger partial charge in [-0.2, -0.15) is 15.0 Å². The Kier molecular flexibility index (Phi) is 4.27. The molecule has 11 heteroatoms. The number of rotatable bonds is 3. The van der Waals surface area contributed by atoms with Crippen LogP contribution in [0.5, 0.6) is 0 Å². The van der Waals surface area contributed by atoms with Gasteiger partial charge in [0.05, 0.1) is 4.90 Å². The van der Waals surface area contributed by atoms with Crippen molar-refractivity contribution in [3.8, 4) is 0 Å². The zero-order valence-corrected chi connectivity index (χ0v) is 10.9. The van der Waals surface area contributed by atoms with Gasteiger partial charge in [-0.15, -0.1) is 0 Å². The lowest BCUT2D eigenvalue weighted by molar-refractivity contribution is 0.601. The summed E-state index contributed by atoms with van der Waals surface area (Å²) in [5.41, 5.74) is 16.6. The number of sulfonamides is 1. The molecular formula is C9H13N7O3S. The van der Waals surface area contributed by atoms with Gasteiger partial charge < -0.3 is 22.7 Å². The minimum atomic E-state index is -3.83. The van der Waals surface area contributed by atoms with Crippen LogP contribution in [0.3, 0.4) is 0 Å². The normalized spacial score (nSPS) is 10.6. The van der Waals surface area contributed by atoms with Crippen LogP contribution in [-0.4, -0.2) is 28.8 Å². The quantitative estimate of drug-likeness (QED) is 0.496. The Bertz CT molecular complexity index is 682. The predicted octanol–water partition coefficient (Wildman–Crippen LogP) is -1.41. The Balaban J connectivity index is 0.00000200. The molecule has 0 aliphatic rings. The molecular weight excluding hydrogens is 286 g/mol. The maximum absolute atomic E-state index is 12.0. The summed E-state index contributed by atoms with van der Waals surface area (Å²) in [7, 11) is -3.83. The van der Waals surface area contributed by atoms with Crippen LogP contribution in [0.1, 0.15) is 0 Å². The maximum Gasteiger partial charge on any atom is 0.264 e. The fourth-order valence-corrected chi connectivity index (χ4v) is 2.22. The lowest BCUT2D eigenvalue weighted by atomic mass is 10.3. The highest BCUT2D eigenvalue weighted by Gasteiger charge is 2.16. The monoisotopic (exact) mass is 299 g/mol. The van der Waals surface area contributed by atoms with Crippen LogP contribution in [0, 0.1) is 0 Å². The van der Waals surface area contributed by atoms with Crippen molar-refractivity contribution in [2.45, 2.75) is 4.90 Å². The first-order valence-electron chi connectivity index (χ1n) is 5.02. The molecule has 0 atom stereocenters. The molecule has 0 saturated carbocycles. The molecule has 0 fully saturated rings. The summed E-state index contributed by atoms with van der Waals surface area (Å²) in [6.45, 7) is 0. The van der Waals surface area contributed by atoms with Crippen molar-refractivity contribution in [1.82, 2.24) is 15.0 Å². The second-order valence-corrected chi connectivity index (χ2v) is 5.23. The van der Waals surface area contributed by atoms with E-state index in [4.69, 9.17) is 17.2 Å². The summed E-state index contributed by atoms with van der Waals surface area (Å²) >= 11 is 0. The Morgan fingerprint density at radius 3 is 1.90 bits per heavy atom. The van der Waals surface area contributed by atoms with Crippen LogP contribution in [0.25, 0.3) is 0 Å². The second kappa shape index (κ2) is 5.54. The molecule has 2 rings (SSSR count). The van der Waals surface area contributed by atoms with Crippen molar-refractivity contribution in [2.75, 3.05) is 21.9 Å². The van der Waals surface area contributed by atoms with E-state index in [9.17, 15) is 8.42 Å². The molecule has 0 aliphatic carbocycles. The molecule has 2 aromatic rings. The second-order valence-electron chi connectivity index (χ2n) is 3.55. The molecule has 1 heterocycles. The van der Waals surface area contributed by atoms with E-state index in [1.54, 1.807) is 0 Å². The molecule has 108 valence electrons. The summed E-state index contributed by atoms with van der Waals surface area (Å²) in [4.78, 5) is 10.8. The fraction of sp³-hybridized carbons (Fsp3) is 0. The fourth-order valence-electron chi connectivity index (χ4n) is 1.28. The number of hydrogen-bond acceptors (Lipinski definition) is 8. The molecule has 20 heavy (non-hydrogen) atoms. The first-order chi connectivity index (χ1) is 8.87. The summed E-state index contributed by atoms with van der Waals surface area (Å²) in [6, 6.07) is 5.63. The zero-order valence-electron chi connectivity index (χ0n) is 10.1. The third-order valence-electron chi connectivity index (χ3n) is 2.09. The minimum absolute atomic E-state index is 0. The van der Waals surface area contributed by atoms with E-state index in [-0.39, 0.29) is 28.2 Å². The molecule has 1 aromatic heterocycles. The number of anilines is 4. The van der Waals surface area contributed by atoms with Crippen LogP contribution in [0.4, 0.5) is 23.5 Å². The average molecular weight is 299 g/mol. The van der Waals surface area contributed by atoms with Crippen LogP contribution < -0.4 is 21.9 Å². The van der Waals surface area contributed by atoms with Crippen molar-refractivity contribution in [2.24, 2.45) is 0 Å². The Labute approximate surface area is 114 Å². The first kappa shape index (κ1) is 15.4. The molecule has 9 N–H and O–H groups in total. The number of aromatic nitrogens is 3. The topological polar surface area (TPSA) is 194 Å². The number of nitrogens with zero attached hydrogens (tertiary/aromatic N) is 3. The van der Waals surface area contributed by atoms with Gasteiger partial charge in [0.1, 0.15) is 0 Å². The highest BCUT2D eigenvalue weighted by molar-refractivity contribution is 7.92. The average Bonchev–Trinajstić information content (AvgIpc) is 2.27. The number of hydrogen-bond donors (Lipinski definition) is 4. The van der Waals surface area contributed by atoms with E-state index in [0.29, 0.717) is 5.69 Å². The van der Waals surface area contributed by atoms with E-state index in [1.807, 2.05) is 0 Å². The van der Waals surface area contributed by atoms with Crippen LogP contribution in [0.15, 0.2) is 29.2 Å². The van der Waals surface area contributed by atoms with Crippen LogP contribution >= 0.6 is 0 Å². The number of nitrogen functional groups attached to an aromatic ring is 3. The van der Waals surface area contributed by atoms with E-state index in [2.05, 4.69) is 19.7 Å². The van der Waals surface area contributed by atoms with Crippen molar-refractivity contribution in [3.05, 3.63) is 24.3 Å². The van der Waals surface area contributed by atoms with Gasteiger partial charge in [-0.05, 0) is 24.3 Å². The predicted molar refractivity (Wildman–Crippen MR) is 73.9 cm³/mol.